The molecule has 0 spiro atoms. The smallest absolute Gasteiger partial charge is 0.314 e. The van der Waals surface area contributed by atoms with E-state index < -0.39 is 11.5 Å². The van der Waals surface area contributed by atoms with E-state index in [2.05, 4.69) is 47.6 Å². The highest BCUT2D eigenvalue weighted by Crippen LogP contribution is 2.75. The molecule has 11 atom stereocenters. The molecule has 0 saturated heterocycles. The minimum atomic E-state index is -0.966. The zero-order valence-corrected chi connectivity index (χ0v) is 23.4. The van der Waals surface area contributed by atoms with E-state index in [0.29, 0.717) is 29.6 Å². The minimum Gasteiger partial charge on any atom is -0.469 e. The van der Waals surface area contributed by atoms with Crippen LogP contribution in [0.3, 0.4) is 0 Å². The third kappa shape index (κ3) is 2.95. The third-order valence-electron chi connectivity index (χ3n) is 13.4. The first-order chi connectivity index (χ1) is 16.2. The minimum absolute atomic E-state index is 0.00716. The third-order valence-corrected chi connectivity index (χ3v) is 13.4. The Bertz CT molecular complexity index is 969. The predicted octanol–water partition coefficient (Wildman–Crippen LogP) is 6.36. The average molecular weight is 485 g/mol. The van der Waals surface area contributed by atoms with Gasteiger partial charge in [-0.2, -0.15) is 0 Å². The van der Waals surface area contributed by atoms with Gasteiger partial charge in [-0.25, -0.2) is 0 Å². The van der Waals surface area contributed by atoms with E-state index in [-0.39, 0.29) is 39.8 Å². The first kappa shape index (κ1) is 25.5. The molecule has 4 heteroatoms. The molecule has 0 aliphatic heterocycles. The van der Waals surface area contributed by atoms with Crippen molar-refractivity contribution in [1.82, 2.24) is 0 Å². The molecule has 5 rings (SSSR count). The fourth-order valence-electron chi connectivity index (χ4n) is 10.9. The standard InChI is InChI=1S/C31H48O4/c1-18-9-12-27(3)15-16-29(5)20(24(27)19(18)2)17-21(32)25-28(4)13-11-23(33)31(7,26(34)35-8)22(28)10-14-30(25,29)6/h17-19,22-25,33H,9-16H2,1-8H3/t18-,19+,22-,23?,24+,25-,27-,28+,29-,30-,31-/m1/s1. The van der Waals surface area contributed by atoms with Gasteiger partial charge in [0.05, 0.1) is 18.6 Å². The quantitative estimate of drug-likeness (QED) is 0.440. The Balaban J connectivity index is 1.64. The van der Waals surface area contributed by atoms with Crippen molar-refractivity contribution in [3.05, 3.63) is 11.6 Å². The van der Waals surface area contributed by atoms with Gasteiger partial charge in [0.1, 0.15) is 0 Å². The molecule has 1 unspecified atom stereocenters. The van der Waals surface area contributed by atoms with Crippen LogP contribution in [0.25, 0.3) is 0 Å². The summed E-state index contributed by atoms with van der Waals surface area (Å²) in [6.45, 7) is 16.4. The Morgan fingerprint density at radius 2 is 1.66 bits per heavy atom. The molecule has 4 fully saturated rings. The van der Waals surface area contributed by atoms with Crippen LogP contribution in [0, 0.1) is 56.7 Å². The van der Waals surface area contributed by atoms with Crippen molar-refractivity contribution >= 4 is 11.8 Å². The average Bonchev–Trinajstić information content (AvgIpc) is 2.80. The summed E-state index contributed by atoms with van der Waals surface area (Å²) < 4.78 is 5.25. The van der Waals surface area contributed by atoms with Crippen molar-refractivity contribution in [3.63, 3.8) is 0 Å². The molecule has 0 amide bonds. The van der Waals surface area contributed by atoms with Crippen LogP contribution in [-0.4, -0.2) is 30.1 Å². The van der Waals surface area contributed by atoms with Crippen LogP contribution in [0.1, 0.15) is 99.8 Å². The number of aliphatic hydroxyl groups is 1. The first-order valence-electron chi connectivity index (χ1n) is 14.2. The number of methoxy groups -OCH3 is 1. The van der Waals surface area contributed by atoms with Crippen molar-refractivity contribution in [3.8, 4) is 0 Å². The first-order valence-corrected chi connectivity index (χ1v) is 14.2. The lowest BCUT2D eigenvalue weighted by Crippen LogP contribution is -2.68. The van der Waals surface area contributed by atoms with Crippen LogP contribution in [0.5, 0.6) is 0 Å². The molecule has 0 heterocycles. The van der Waals surface area contributed by atoms with Crippen molar-refractivity contribution < 1.29 is 19.4 Å². The van der Waals surface area contributed by atoms with Gasteiger partial charge in [0.25, 0.3) is 0 Å². The van der Waals surface area contributed by atoms with E-state index in [0.717, 1.165) is 25.7 Å². The number of ether oxygens (including phenoxy) is 1. The maximum Gasteiger partial charge on any atom is 0.314 e. The molecule has 5 aliphatic rings. The maximum absolute atomic E-state index is 14.3. The van der Waals surface area contributed by atoms with E-state index in [1.54, 1.807) is 0 Å². The Labute approximate surface area is 212 Å². The Kier molecular flexibility index (Phi) is 5.59. The number of carbonyl (C=O) groups excluding carboxylic acids is 2. The molecular weight excluding hydrogens is 436 g/mol. The number of hydrogen-bond donors (Lipinski definition) is 1. The van der Waals surface area contributed by atoms with Crippen LogP contribution in [0.15, 0.2) is 11.6 Å². The molecule has 0 aromatic carbocycles. The molecule has 1 N–H and O–H groups in total. The van der Waals surface area contributed by atoms with E-state index in [4.69, 9.17) is 4.74 Å². The maximum atomic E-state index is 14.3. The number of aliphatic hydroxyl groups excluding tert-OH is 1. The van der Waals surface area contributed by atoms with Crippen LogP contribution >= 0.6 is 0 Å². The number of fused-ring (bicyclic) bond motifs is 7. The number of esters is 1. The summed E-state index contributed by atoms with van der Waals surface area (Å²) in [6.07, 6.45) is 9.42. The van der Waals surface area contributed by atoms with Gasteiger partial charge in [-0.15, -0.1) is 0 Å². The monoisotopic (exact) mass is 484 g/mol. The zero-order valence-electron chi connectivity index (χ0n) is 23.4. The lowest BCUT2D eigenvalue weighted by atomic mass is 9.33. The van der Waals surface area contributed by atoms with Crippen LogP contribution in [0.4, 0.5) is 0 Å². The Morgan fingerprint density at radius 3 is 2.31 bits per heavy atom. The number of ketones is 1. The fourth-order valence-corrected chi connectivity index (χ4v) is 10.9. The highest BCUT2D eigenvalue weighted by molar-refractivity contribution is 5.96. The molecule has 35 heavy (non-hydrogen) atoms. The summed E-state index contributed by atoms with van der Waals surface area (Å²) in [4.78, 5) is 27.4. The van der Waals surface area contributed by atoms with Crippen molar-refractivity contribution in [2.45, 2.75) is 106 Å². The summed E-state index contributed by atoms with van der Waals surface area (Å²) in [6, 6.07) is 0. The molecule has 0 aromatic rings. The highest BCUT2D eigenvalue weighted by Gasteiger charge is 2.71. The van der Waals surface area contributed by atoms with Gasteiger partial charge < -0.3 is 9.84 Å². The van der Waals surface area contributed by atoms with Gasteiger partial charge in [-0.1, -0.05) is 47.1 Å². The lowest BCUT2D eigenvalue weighted by molar-refractivity contribution is -0.216. The molecule has 5 aliphatic carbocycles. The van der Waals surface area contributed by atoms with Gasteiger partial charge in [-0.05, 0) is 110 Å². The fraction of sp³-hybridized carbons (Fsp3) is 0.871. The highest BCUT2D eigenvalue weighted by atomic mass is 16.5. The summed E-state index contributed by atoms with van der Waals surface area (Å²) in [5.74, 6) is 1.52. The summed E-state index contributed by atoms with van der Waals surface area (Å²) in [5.41, 5.74) is 0.298. The second-order valence-corrected chi connectivity index (χ2v) is 14.6. The van der Waals surface area contributed by atoms with Crippen molar-refractivity contribution in [1.29, 1.82) is 0 Å². The molecular formula is C31H48O4. The number of carbonyl (C=O) groups is 2. The molecule has 0 bridgehead atoms. The molecule has 4 saturated carbocycles. The van der Waals surface area contributed by atoms with Gasteiger partial charge >= 0.3 is 5.97 Å². The van der Waals surface area contributed by atoms with Gasteiger partial charge in [-0.3, -0.25) is 9.59 Å². The SMILES string of the molecule is COC(=O)[C@@]1(C)C(O)CC[C@@]2(C)[C@H]1CC[C@]1(C)[C@@H]2C(=O)C=C2[C@@H]3[C@@H](C)[C@H](C)CC[C@]3(C)CC[C@]21C. The Morgan fingerprint density at radius 1 is 0.971 bits per heavy atom. The summed E-state index contributed by atoms with van der Waals surface area (Å²) in [7, 11) is 1.42. The van der Waals surface area contributed by atoms with Gasteiger partial charge in [0.2, 0.25) is 0 Å². The molecule has 0 radical (unpaired) electrons. The normalized spacial score (nSPS) is 55.6. The van der Waals surface area contributed by atoms with Crippen molar-refractivity contribution in [2.24, 2.45) is 56.7 Å². The number of allylic oxidation sites excluding steroid dienone is 2. The van der Waals surface area contributed by atoms with Gasteiger partial charge in [0.15, 0.2) is 5.78 Å². The predicted molar refractivity (Wildman–Crippen MR) is 137 cm³/mol. The van der Waals surface area contributed by atoms with E-state index in [1.807, 2.05) is 6.92 Å². The summed E-state index contributed by atoms with van der Waals surface area (Å²) >= 11 is 0. The molecule has 196 valence electrons. The topological polar surface area (TPSA) is 63.6 Å². The van der Waals surface area contributed by atoms with E-state index in [9.17, 15) is 14.7 Å². The van der Waals surface area contributed by atoms with Crippen LogP contribution in [0.2, 0.25) is 0 Å². The van der Waals surface area contributed by atoms with E-state index in [1.165, 1.54) is 31.9 Å². The van der Waals surface area contributed by atoms with Crippen LogP contribution < -0.4 is 0 Å². The second kappa shape index (κ2) is 7.68. The van der Waals surface area contributed by atoms with Crippen LogP contribution in [-0.2, 0) is 14.3 Å². The summed E-state index contributed by atoms with van der Waals surface area (Å²) in [5, 5.41) is 11.1. The molecule has 0 aromatic heterocycles. The van der Waals surface area contributed by atoms with Gasteiger partial charge in [0, 0.05) is 5.92 Å². The van der Waals surface area contributed by atoms with E-state index >= 15 is 0 Å². The van der Waals surface area contributed by atoms with Crippen molar-refractivity contribution in [2.75, 3.05) is 7.11 Å². The zero-order chi connectivity index (χ0) is 25.8. The number of rotatable bonds is 1. The second-order valence-electron chi connectivity index (χ2n) is 14.6. The lowest BCUT2D eigenvalue weighted by Gasteiger charge is -2.70. The molecule has 4 nitrogen and oxygen atoms in total. The Hall–Kier alpha value is -1.16. The largest absolute Gasteiger partial charge is 0.469 e. The number of hydrogen-bond acceptors (Lipinski definition) is 4.